The normalized spacial score (nSPS) is 16.3. The van der Waals surface area contributed by atoms with Crippen molar-refractivity contribution in [3.63, 3.8) is 0 Å². The number of hydrogen-bond acceptors (Lipinski definition) is 12. The smallest absolute Gasteiger partial charge is 0.194 e. The first-order valence-electron chi connectivity index (χ1n) is 23.6. The van der Waals surface area contributed by atoms with Crippen molar-refractivity contribution >= 4 is 132 Å². The van der Waals surface area contributed by atoms with Gasteiger partial charge >= 0.3 is 0 Å². The number of benzene rings is 4. The molecule has 0 fully saturated rings. The van der Waals surface area contributed by atoms with Crippen molar-refractivity contribution < 1.29 is 9.59 Å². The molecule has 4 aromatic carbocycles. The molecule has 0 N–H and O–H groups in total. The molecule has 0 saturated carbocycles. The number of allylic oxidation sites excluding steroid dienone is 6. The highest BCUT2D eigenvalue weighted by Gasteiger charge is 2.46. The zero-order valence-corrected chi connectivity index (χ0v) is 44.5. The number of carbonyl (C=O) groups is 2. The minimum atomic E-state index is -0.209. The van der Waals surface area contributed by atoms with E-state index in [0.29, 0.717) is 44.5 Å². The minimum Gasteiger partial charge on any atom is -0.289 e. The lowest BCUT2D eigenvalue weighted by atomic mass is 9.81. The van der Waals surface area contributed by atoms with Gasteiger partial charge in [0.1, 0.15) is 35.4 Å². The summed E-state index contributed by atoms with van der Waals surface area (Å²) in [7, 11) is 0. The van der Waals surface area contributed by atoms with Gasteiger partial charge in [-0.15, -0.1) is 68.0 Å². The minimum absolute atomic E-state index is 0.0628. The van der Waals surface area contributed by atoms with Crippen LogP contribution in [0.1, 0.15) is 91.5 Å². The van der Waals surface area contributed by atoms with Crippen LogP contribution in [0, 0.1) is 45.3 Å². The molecule has 4 aliphatic rings. The zero-order chi connectivity index (χ0) is 50.7. The molecule has 0 atom stereocenters. The molecule has 10 aromatic rings. The Hall–Kier alpha value is -7.88. The maximum atomic E-state index is 13.6. The molecule has 74 heavy (non-hydrogen) atoms. The highest BCUT2D eigenvalue weighted by Crippen LogP contribution is 2.64. The van der Waals surface area contributed by atoms with E-state index >= 15 is 0 Å². The van der Waals surface area contributed by atoms with Crippen LogP contribution >= 0.6 is 68.0 Å². The van der Waals surface area contributed by atoms with Crippen LogP contribution in [-0.2, 0) is 10.8 Å². The fourth-order valence-electron chi connectivity index (χ4n) is 11.6. The summed E-state index contributed by atoms with van der Waals surface area (Å²) in [5, 5.41) is 41.7. The molecule has 0 bridgehead atoms. The molecule has 0 aliphatic heterocycles. The fourth-order valence-corrected chi connectivity index (χ4v) is 19.5. The Labute approximate surface area is 448 Å². The standard InChI is InChI=1S/C62H32N4O2S6/c1-61(2)43-23-47-29(19-49(71-47)45-15-13-33(69-45)21-41-51(31(25-63)26-64)35-9-5-7-11-37(35)55(41)67)17-39(43)57-53(61)59-60(73-57)54-58(74-59)40-18-30-20-50(72-48(30)24-44(40)62(54,3)4)46-16-14-34(70-46)22-42-52(32(27-65)28-66)36-10-6-8-12-38(36)56(42)68/h5-24H,1-4H3/b41-21-,42-22-. The Morgan fingerprint density at radius 3 is 1.23 bits per heavy atom. The SMILES string of the molecule is CC1(C)c2cc3sc(-c4ccc(/C=C5\C(=O)c6ccccc6C5=C(C#N)C#N)s4)cc3cc2-c2sc3c4c(sc3c21)-c1cc2cc(-c3ccc(/C=C5\C(=O)c6ccccc6C5=C(C#N)C#N)s3)sc2cc1C4(C)C. The van der Waals surface area contributed by atoms with E-state index in [0.717, 1.165) is 29.3 Å². The summed E-state index contributed by atoms with van der Waals surface area (Å²) in [6.07, 6.45) is 3.66. The van der Waals surface area contributed by atoms with Gasteiger partial charge in [0.2, 0.25) is 0 Å². The largest absolute Gasteiger partial charge is 0.289 e. The summed E-state index contributed by atoms with van der Waals surface area (Å²) in [5.41, 5.74) is 11.5. The number of thiophene rings is 6. The molecule has 6 heterocycles. The Balaban J connectivity index is 0.786. The van der Waals surface area contributed by atoms with Gasteiger partial charge in [-0.2, -0.15) is 21.0 Å². The number of nitriles is 4. The van der Waals surface area contributed by atoms with Crippen LogP contribution in [0.25, 0.3) is 93.3 Å². The summed E-state index contributed by atoms with van der Waals surface area (Å²) in [4.78, 5) is 36.2. The second kappa shape index (κ2) is 15.8. The number of fused-ring (bicyclic) bond motifs is 13. The van der Waals surface area contributed by atoms with Crippen molar-refractivity contribution in [2.45, 2.75) is 38.5 Å². The molecule has 0 unspecified atom stereocenters. The van der Waals surface area contributed by atoms with Gasteiger partial charge in [-0.25, -0.2) is 0 Å². The van der Waals surface area contributed by atoms with Crippen LogP contribution in [0.2, 0.25) is 0 Å². The van der Waals surface area contributed by atoms with Crippen molar-refractivity contribution in [2.24, 2.45) is 0 Å². The van der Waals surface area contributed by atoms with Gasteiger partial charge < -0.3 is 0 Å². The Morgan fingerprint density at radius 1 is 0.446 bits per heavy atom. The van der Waals surface area contributed by atoms with E-state index in [-0.39, 0.29) is 33.5 Å². The summed E-state index contributed by atoms with van der Waals surface area (Å²) in [6, 6.07) is 44.8. The maximum Gasteiger partial charge on any atom is 0.194 e. The molecular weight excluding hydrogens is 1030 g/mol. The third-order valence-electron chi connectivity index (χ3n) is 15.1. The second-order valence-corrected chi connectivity index (χ2v) is 26.3. The Bertz CT molecular complexity index is 4320. The van der Waals surface area contributed by atoms with E-state index in [1.807, 2.05) is 83.4 Å². The average Bonchev–Trinajstić information content (AvgIpc) is 4.30. The molecule has 0 saturated heterocycles. The lowest BCUT2D eigenvalue weighted by Gasteiger charge is -2.22. The fraction of sp³-hybridized carbons (Fsp3) is 0.0968. The molecule has 0 spiro atoms. The van der Waals surface area contributed by atoms with Crippen molar-refractivity contribution in [1.29, 1.82) is 21.0 Å². The predicted molar refractivity (Wildman–Crippen MR) is 306 cm³/mol. The van der Waals surface area contributed by atoms with E-state index in [9.17, 15) is 30.6 Å². The van der Waals surface area contributed by atoms with Crippen LogP contribution < -0.4 is 0 Å². The molecule has 6 nitrogen and oxygen atoms in total. The Kier molecular flexibility index (Phi) is 9.57. The number of Topliss-reactive ketones (excluding diaryl/α,β-unsaturated/α-hetero) is 2. The van der Waals surface area contributed by atoms with Gasteiger partial charge in [0.05, 0.1) is 9.40 Å². The molecule has 0 radical (unpaired) electrons. The van der Waals surface area contributed by atoms with E-state index < -0.39 is 0 Å². The summed E-state index contributed by atoms with van der Waals surface area (Å²) < 4.78 is 5.25. The monoisotopic (exact) mass is 1060 g/mol. The quantitative estimate of drug-likeness (QED) is 0.127. The van der Waals surface area contributed by atoms with Crippen molar-refractivity contribution in [1.82, 2.24) is 0 Å². The van der Waals surface area contributed by atoms with E-state index in [1.165, 1.54) is 72.7 Å². The summed E-state index contributed by atoms with van der Waals surface area (Å²) in [6.45, 7) is 9.51. The third-order valence-corrected chi connectivity index (χ3v) is 22.4. The van der Waals surface area contributed by atoms with E-state index in [2.05, 4.69) is 76.2 Å². The topological polar surface area (TPSA) is 129 Å². The van der Waals surface area contributed by atoms with Crippen molar-refractivity contribution in [3.05, 3.63) is 186 Å². The maximum absolute atomic E-state index is 13.6. The van der Waals surface area contributed by atoms with Crippen LogP contribution in [0.5, 0.6) is 0 Å². The zero-order valence-electron chi connectivity index (χ0n) is 39.6. The van der Waals surface area contributed by atoms with E-state index in [1.54, 1.807) is 81.7 Å². The van der Waals surface area contributed by atoms with Gasteiger partial charge in [0, 0.05) is 92.7 Å². The van der Waals surface area contributed by atoms with Crippen LogP contribution in [0.3, 0.4) is 0 Å². The van der Waals surface area contributed by atoms with Crippen molar-refractivity contribution in [3.8, 4) is 64.7 Å². The van der Waals surface area contributed by atoms with Crippen LogP contribution in [0.4, 0.5) is 0 Å². The number of carbonyl (C=O) groups excluding carboxylic acids is 2. The Morgan fingerprint density at radius 2 is 0.838 bits per heavy atom. The molecule has 6 aromatic heterocycles. The molecule has 12 heteroatoms. The highest BCUT2D eigenvalue weighted by atomic mass is 32.1. The number of hydrogen-bond donors (Lipinski definition) is 0. The van der Waals surface area contributed by atoms with E-state index in [4.69, 9.17) is 0 Å². The first-order chi connectivity index (χ1) is 35.8. The molecule has 4 aliphatic carbocycles. The van der Waals surface area contributed by atoms with Gasteiger partial charge in [-0.3, -0.25) is 9.59 Å². The summed E-state index contributed by atoms with van der Waals surface area (Å²) in [5.74, 6) is -0.351. The third kappa shape index (κ3) is 6.13. The number of rotatable bonds is 4. The van der Waals surface area contributed by atoms with Crippen LogP contribution in [0.15, 0.2) is 131 Å². The first-order valence-corrected chi connectivity index (χ1v) is 28.5. The van der Waals surface area contributed by atoms with Gasteiger partial charge in [0.15, 0.2) is 11.6 Å². The second-order valence-electron chi connectivity index (χ2n) is 19.8. The number of nitrogens with zero attached hydrogens (tertiary/aromatic N) is 4. The highest BCUT2D eigenvalue weighted by molar-refractivity contribution is 7.32. The lowest BCUT2D eigenvalue weighted by molar-refractivity contribution is 0.103. The van der Waals surface area contributed by atoms with Gasteiger partial charge in [-0.05, 0) is 128 Å². The number of ketones is 2. The van der Waals surface area contributed by atoms with Crippen molar-refractivity contribution in [2.75, 3.05) is 0 Å². The average molecular weight is 1060 g/mol. The molecular formula is C62H32N4O2S6. The molecule has 0 amide bonds. The first kappa shape index (κ1) is 44.8. The van der Waals surface area contributed by atoms with Gasteiger partial charge in [-0.1, -0.05) is 76.2 Å². The van der Waals surface area contributed by atoms with Gasteiger partial charge in [0.25, 0.3) is 0 Å². The molecule has 348 valence electrons. The predicted octanol–water partition coefficient (Wildman–Crippen LogP) is 17.6. The summed E-state index contributed by atoms with van der Waals surface area (Å²) >= 11 is 10.7. The molecule has 14 rings (SSSR count). The lowest BCUT2D eigenvalue weighted by Crippen LogP contribution is -2.15. The van der Waals surface area contributed by atoms with Crippen LogP contribution in [-0.4, -0.2) is 11.6 Å².